The lowest BCUT2D eigenvalue weighted by atomic mass is 10.1. The van der Waals surface area contributed by atoms with E-state index in [1.54, 1.807) is 48.5 Å². The molecule has 4 aromatic rings. The summed E-state index contributed by atoms with van der Waals surface area (Å²) in [6.07, 6.45) is 0. The van der Waals surface area contributed by atoms with E-state index in [0.717, 1.165) is 0 Å². The number of hydrogen-bond acceptors (Lipinski definition) is 5. The van der Waals surface area contributed by atoms with Crippen LogP contribution in [0.3, 0.4) is 0 Å². The second-order valence-electron chi connectivity index (χ2n) is 6.89. The molecule has 0 aliphatic rings. The van der Waals surface area contributed by atoms with Crippen LogP contribution in [0.1, 0.15) is 17.3 Å². The molecule has 3 aromatic carbocycles. The number of carbonyl (C=O) groups excluding carboxylic acids is 1. The van der Waals surface area contributed by atoms with Gasteiger partial charge in [0.1, 0.15) is 5.75 Å². The summed E-state index contributed by atoms with van der Waals surface area (Å²) in [5, 5.41) is 0.670. The van der Waals surface area contributed by atoms with Crippen molar-refractivity contribution >= 4 is 40.0 Å². The zero-order chi connectivity index (χ0) is 22.7. The Labute approximate surface area is 194 Å². The zero-order valence-electron chi connectivity index (χ0n) is 17.1. The van der Waals surface area contributed by atoms with E-state index < -0.39 is 5.43 Å². The third-order valence-corrected chi connectivity index (χ3v) is 5.24. The van der Waals surface area contributed by atoms with Crippen LogP contribution < -0.4 is 14.9 Å². The highest BCUT2D eigenvalue weighted by atomic mass is 35.5. The number of hydrogen-bond donors (Lipinski definition) is 0. The smallest absolute Gasteiger partial charge is 0.235 e. The summed E-state index contributed by atoms with van der Waals surface area (Å²) in [6.45, 7) is 2.07. The van der Waals surface area contributed by atoms with Gasteiger partial charge in [0.2, 0.25) is 11.2 Å². The van der Waals surface area contributed by atoms with E-state index >= 15 is 0 Å². The molecule has 1 heterocycles. The molecule has 32 heavy (non-hydrogen) atoms. The molecular weight excluding hydrogens is 451 g/mol. The molecule has 0 spiro atoms. The highest BCUT2D eigenvalue weighted by molar-refractivity contribution is 6.38. The van der Waals surface area contributed by atoms with Gasteiger partial charge in [-0.2, -0.15) is 0 Å². The summed E-state index contributed by atoms with van der Waals surface area (Å²) >= 11 is 12.3. The number of Topliss-reactive ketones (excluding diaryl/α,β-unsaturated/α-hetero) is 1. The molecule has 0 saturated heterocycles. The fourth-order valence-corrected chi connectivity index (χ4v) is 3.77. The first-order valence-corrected chi connectivity index (χ1v) is 10.6. The van der Waals surface area contributed by atoms with Crippen molar-refractivity contribution in [2.75, 3.05) is 13.2 Å². The molecule has 0 atom stereocenters. The first kappa shape index (κ1) is 21.9. The summed E-state index contributed by atoms with van der Waals surface area (Å²) in [7, 11) is 0. The Hall–Kier alpha value is -3.28. The van der Waals surface area contributed by atoms with Crippen molar-refractivity contribution < 1.29 is 18.7 Å². The number of ketones is 1. The minimum atomic E-state index is -0.464. The maximum Gasteiger partial charge on any atom is 0.235 e. The molecule has 4 rings (SSSR count). The molecule has 0 N–H and O–H groups in total. The largest absolute Gasteiger partial charge is 0.494 e. The third-order valence-electron chi connectivity index (χ3n) is 4.74. The lowest BCUT2D eigenvalue weighted by Gasteiger charge is -2.12. The van der Waals surface area contributed by atoms with Gasteiger partial charge >= 0.3 is 0 Å². The van der Waals surface area contributed by atoms with E-state index in [1.165, 1.54) is 12.1 Å². The van der Waals surface area contributed by atoms with Crippen LogP contribution in [-0.2, 0) is 0 Å². The van der Waals surface area contributed by atoms with Gasteiger partial charge in [-0.1, -0.05) is 53.5 Å². The van der Waals surface area contributed by atoms with Crippen molar-refractivity contribution in [3.05, 3.63) is 92.6 Å². The Morgan fingerprint density at radius 3 is 2.38 bits per heavy atom. The minimum absolute atomic E-state index is 0.0821. The SMILES string of the molecule is CCOc1ccc(C(=O)COc2c(-c3ccccc3)oc3c(Cl)cc(Cl)cc3c2=O)cc1. The lowest BCUT2D eigenvalue weighted by molar-refractivity contribution is 0.0920. The Bertz CT molecular complexity index is 1330. The molecule has 0 unspecified atom stereocenters. The molecule has 162 valence electrons. The van der Waals surface area contributed by atoms with Crippen LogP contribution in [0.2, 0.25) is 10.0 Å². The molecular formula is C25H18Cl2O5. The topological polar surface area (TPSA) is 65.7 Å². The Kier molecular flexibility index (Phi) is 6.49. The third kappa shape index (κ3) is 4.49. The number of benzene rings is 3. The van der Waals surface area contributed by atoms with Crippen molar-refractivity contribution in [1.82, 2.24) is 0 Å². The summed E-state index contributed by atoms with van der Waals surface area (Å²) in [5.74, 6) is 0.476. The molecule has 0 bridgehead atoms. The van der Waals surface area contributed by atoms with Gasteiger partial charge in [0.05, 0.1) is 17.0 Å². The Morgan fingerprint density at radius 2 is 1.69 bits per heavy atom. The maximum absolute atomic E-state index is 13.3. The first-order chi connectivity index (χ1) is 15.5. The monoisotopic (exact) mass is 468 g/mol. The van der Waals surface area contributed by atoms with Gasteiger partial charge in [0.15, 0.2) is 23.7 Å². The summed E-state index contributed by atoms with van der Waals surface area (Å²) in [6, 6.07) is 18.7. The second kappa shape index (κ2) is 9.47. The normalized spacial score (nSPS) is 10.8. The molecule has 0 amide bonds. The number of carbonyl (C=O) groups is 1. The van der Waals surface area contributed by atoms with Gasteiger partial charge in [-0.15, -0.1) is 0 Å². The molecule has 0 saturated carbocycles. The van der Waals surface area contributed by atoms with Crippen molar-refractivity contribution in [3.63, 3.8) is 0 Å². The van der Waals surface area contributed by atoms with Crippen LogP contribution >= 0.6 is 23.2 Å². The van der Waals surface area contributed by atoms with Gasteiger partial charge in [0, 0.05) is 16.1 Å². The van der Waals surface area contributed by atoms with Gasteiger partial charge < -0.3 is 13.9 Å². The van der Waals surface area contributed by atoms with Crippen LogP contribution in [-0.4, -0.2) is 19.0 Å². The van der Waals surface area contributed by atoms with Crippen LogP contribution in [0.15, 0.2) is 75.9 Å². The molecule has 0 fully saturated rings. The molecule has 7 heteroatoms. The first-order valence-electron chi connectivity index (χ1n) is 9.88. The Balaban J connectivity index is 1.73. The summed E-state index contributed by atoms with van der Waals surface area (Å²) < 4.78 is 17.1. The standard InChI is InChI=1S/C25H18Cl2O5/c1-2-30-18-10-8-15(9-11-18)21(28)14-31-25-22(29)19-12-17(26)13-20(27)24(19)32-23(25)16-6-4-3-5-7-16/h3-13H,2,14H2,1H3. The quantitative estimate of drug-likeness (QED) is 0.292. The van der Waals surface area contributed by atoms with Gasteiger partial charge in [-0.25, -0.2) is 0 Å². The van der Waals surface area contributed by atoms with Crippen LogP contribution in [0.25, 0.3) is 22.3 Å². The second-order valence-corrected chi connectivity index (χ2v) is 7.73. The van der Waals surface area contributed by atoms with E-state index in [9.17, 15) is 9.59 Å². The van der Waals surface area contributed by atoms with Crippen LogP contribution in [0.5, 0.6) is 11.5 Å². The molecule has 1 aromatic heterocycles. The van der Waals surface area contributed by atoms with E-state index in [0.29, 0.717) is 28.5 Å². The van der Waals surface area contributed by atoms with Crippen molar-refractivity contribution in [1.29, 1.82) is 0 Å². The van der Waals surface area contributed by atoms with Crippen LogP contribution in [0, 0.1) is 0 Å². The van der Waals surface area contributed by atoms with E-state index in [-0.39, 0.29) is 39.9 Å². The highest BCUT2D eigenvalue weighted by Gasteiger charge is 2.21. The maximum atomic E-state index is 13.3. The van der Waals surface area contributed by atoms with Crippen LogP contribution in [0.4, 0.5) is 0 Å². The number of rotatable bonds is 7. The highest BCUT2D eigenvalue weighted by Crippen LogP contribution is 2.35. The van der Waals surface area contributed by atoms with E-state index in [1.807, 2.05) is 13.0 Å². The van der Waals surface area contributed by atoms with Crippen molar-refractivity contribution in [3.8, 4) is 22.8 Å². The fraction of sp³-hybridized carbons (Fsp3) is 0.120. The molecule has 0 aliphatic heterocycles. The predicted molar refractivity (Wildman–Crippen MR) is 125 cm³/mol. The average Bonchev–Trinajstić information content (AvgIpc) is 2.80. The number of ether oxygens (including phenoxy) is 2. The average molecular weight is 469 g/mol. The van der Waals surface area contributed by atoms with E-state index in [4.69, 9.17) is 37.1 Å². The Morgan fingerprint density at radius 1 is 0.969 bits per heavy atom. The van der Waals surface area contributed by atoms with Gasteiger partial charge in [-0.05, 0) is 43.3 Å². The zero-order valence-corrected chi connectivity index (χ0v) is 18.6. The van der Waals surface area contributed by atoms with Gasteiger partial charge in [0.25, 0.3) is 0 Å². The lowest BCUT2D eigenvalue weighted by Crippen LogP contribution is -2.17. The van der Waals surface area contributed by atoms with E-state index in [2.05, 4.69) is 0 Å². The number of fused-ring (bicyclic) bond motifs is 1. The van der Waals surface area contributed by atoms with Crippen molar-refractivity contribution in [2.45, 2.75) is 6.92 Å². The summed E-state index contributed by atoms with van der Waals surface area (Å²) in [5.41, 5.74) is 0.783. The van der Waals surface area contributed by atoms with Gasteiger partial charge in [-0.3, -0.25) is 9.59 Å². The molecule has 0 aliphatic carbocycles. The molecule has 0 radical (unpaired) electrons. The minimum Gasteiger partial charge on any atom is -0.494 e. The van der Waals surface area contributed by atoms with Crippen molar-refractivity contribution in [2.24, 2.45) is 0 Å². The number of halogens is 2. The summed E-state index contributed by atoms with van der Waals surface area (Å²) in [4.78, 5) is 25.9. The fourth-order valence-electron chi connectivity index (χ4n) is 3.24. The molecule has 5 nitrogen and oxygen atoms in total. The predicted octanol–water partition coefficient (Wildman–Crippen LogP) is 6.43.